The van der Waals surface area contributed by atoms with Crippen molar-refractivity contribution in [1.82, 2.24) is 4.31 Å². The molecule has 0 N–H and O–H groups in total. The SMILES string of the molecule is Cc1cc(C)c(S(=O)(=O)N(Cc2ccc(-c3cccc(S(C)(=O)=O)c3)cc2)Cc2ccc(C)o2)c(C)c1. The summed E-state index contributed by atoms with van der Waals surface area (Å²) in [5.41, 5.74) is 4.85. The zero-order chi connectivity index (χ0) is 27.0. The summed E-state index contributed by atoms with van der Waals surface area (Å²) in [5, 5.41) is 0. The van der Waals surface area contributed by atoms with Gasteiger partial charge in [-0.25, -0.2) is 16.8 Å². The number of rotatable bonds is 8. The lowest BCUT2D eigenvalue weighted by Gasteiger charge is -2.24. The van der Waals surface area contributed by atoms with Crippen molar-refractivity contribution in [3.8, 4) is 11.1 Å². The van der Waals surface area contributed by atoms with Gasteiger partial charge in [-0.3, -0.25) is 0 Å². The second-order valence-corrected chi connectivity index (χ2v) is 13.4. The molecular weight excluding hydrogens is 506 g/mol. The minimum atomic E-state index is -3.84. The van der Waals surface area contributed by atoms with Crippen LogP contribution in [0.25, 0.3) is 11.1 Å². The number of benzene rings is 3. The lowest BCUT2D eigenvalue weighted by molar-refractivity contribution is 0.353. The van der Waals surface area contributed by atoms with E-state index in [9.17, 15) is 16.8 Å². The van der Waals surface area contributed by atoms with E-state index in [0.717, 1.165) is 28.0 Å². The molecule has 0 saturated carbocycles. The van der Waals surface area contributed by atoms with Crippen molar-refractivity contribution in [3.05, 3.63) is 107 Å². The lowest BCUT2D eigenvalue weighted by atomic mass is 10.0. The second-order valence-electron chi connectivity index (χ2n) is 9.51. The second kappa shape index (κ2) is 10.3. The largest absolute Gasteiger partial charge is 0.465 e. The molecule has 0 bridgehead atoms. The van der Waals surface area contributed by atoms with Crippen LogP contribution in [0.15, 0.2) is 87.0 Å². The Morgan fingerprint density at radius 3 is 1.95 bits per heavy atom. The summed E-state index contributed by atoms with van der Waals surface area (Å²) in [6, 6.07) is 21.6. The van der Waals surface area contributed by atoms with Gasteiger partial charge in [-0.15, -0.1) is 0 Å². The molecule has 1 aromatic heterocycles. The molecule has 4 aromatic rings. The molecule has 0 radical (unpaired) electrons. The first-order valence-corrected chi connectivity index (χ1v) is 15.2. The molecule has 0 atom stereocenters. The van der Waals surface area contributed by atoms with Gasteiger partial charge in [0.15, 0.2) is 9.84 Å². The molecule has 1 heterocycles. The molecule has 0 spiro atoms. The Balaban J connectivity index is 1.69. The van der Waals surface area contributed by atoms with Crippen LogP contribution in [0.3, 0.4) is 0 Å². The highest BCUT2D eigenvalue weighted by atomic mass is 32.2. The van der Waals surface area contributed by atoms with Crippen molar-refractivity contribution in [2.24, 2.45) is 0 Å². The number of sulfone groups is 1. The third-order valence-corrected chi connectivity index (χ3v) is 9.45. The van der Waals surface area contributed by atoms with Crippen molar-refractivity contribution in [1.29, 1.82) is 0 Å². The zero-order valence-corrected chi connectivity index (χ0v) is 23.3. The van der Waals surface area contributed by atoms with Crippen molar-refractivity contribution in [2.75, 3.05) is 6.26 Å². The topological polar surface area (TPSA) is 84.7 Å². The molecule has 37 heavy (non-hydrogen) atoms. The fourth-order valence-corrected chi connectivity index (χ4v) is 7.06. The van der Waals surface area contributed by atoms with Crippen LogP contribution in [0.1, 0.15) is 33.8 Å². The predicted molar refractivity (Wildman–Crippen MR) is 146 cm³/mol. The van der Waals surface area contributed by atoms with Crippen LogP contribution in [0, 0.1) is 27.7 Å². The summed E-state index contributed by atoms with van der Waals surface area (Å²) in [4.78, 5) is 0.569. The number of nitrogens with zero attached hydrogens (tertiary/aromatic N) is 1. The molecule has 0 aliphatic rings. The molecule has 0 unspecified atom stereocenters. The maximum Gasteiger partial charge on any atom is 0.244 e. The van der Waals surface area contributed by atoms with E-state index >= 15 is 0 Å². The maximum absolute atomic E-state index is 13.9. The lowest BCUT2D eigenvalue weighted by Crippen LogP contribution is -2.31. The molecule has 6 nitrogen and oxygen atoms in total. The van der Waals surface area contributed by atoms with Crippen LogP contribution < -0.4 is 0 Å². The fourth-order valence-electron chi connectivity index (χ4n) is 4.59. The minimum Gasteiger partial charge on any atom is -0.465 e. The van der Waals surface area contributed by atoms with Gasteiger partial charge in [0.2, 0.25) is 10.0 Å². The first-order chi connectivity index (χ1) is 17.3. The van der Waals surface area contributed by atoms with Gasteiger partial charge in [0.25, 0.3) is 0 Å². The van der Waals surface area contributed by atoms with Crippen LogP contribution in [0.4, 0.5) is 0 Å². The van der Waals surface area contributed by atoms with Crippen LogP contribution in [0.2, 0.25) is 0 Å². The molecule has 0 saturated heterocycles. The van der Waals surface area contributed by atoms with Gasteiger partial charge < -0.3 is 4.42 Å². The quantitative estimate of drug-likeness (QED) is 0.276. The highest BCUT2D eigenvalue weighted by Crippen LogP contribution is 2.29. The normalized spacial score (nSPS) is 12.3. The average Bonchev–Trinajstić information content (AvgIpc) is 3.22. The molecule has 0 aliphatic heterocycles. The number of hydrogen-bond acceptors (Lipinski definition) is 5. The van der Waals surface area contributed by atoms with Gasteiger partial charge in [-0.2, -0.15) is 4.31 Å². The number of aryl methyl sites for hydroxylation is 4. The standard InChI is InChI=1S/C29H31NO5S2/c1-20-15-21(2)29(22(3)16-20)37(33,34)30(19-27-14-9-23(4)35-27)18-24-10-12-25(13-11-24)26-7-6-8-28(17-26)36(5,31)32/h6-17H,18-19H2,1-5H3. The highest BCUT2D eigenvalue weighted by Gasteiger charge is 2.29. The number of furan rings is 1. The number of hydrogen-bond donors (Lipinski definition) is 0. The van der Waals surface area contributed by atoms with Gasteiger partial charge >= 0.3 is 0 Å². The van der Waals surface area contributed by atoms with Crippen LogP contribution in [0.5, 0.6) is 0 Å². The van der Waals surface area contributed by atoms with Gasteiger partial charge in [0.05, 0.1) is 16.3 Å². The molecule has 194 valence electrons. The molecule has 0 aliphatic carbocycles. The summed E-state index contributed by atoms with van der Waals surface area (Å²) in [7, 11) is -7.16. The van der Waals surface area contributed by atoms with E-state index in [1.54, 1.807) is 24.3 Å². The van der Waals surface area contributed by atoms with Gasteiger partial charge in [0.1, 0.15) is 11.5 Å². The highest BCUT2D eigenvalue weighted by molar-refractivity contribution is 7.90. The van der Waals surface area contributed by atoms with E-state index in [4.69, 9.17) is 4.42 Å². The molecule has 0 fully saturated rings. The molecule has 8 heteroatoms. The van der Waals surface area contributed by atoms with Crippen LogP contribution in [-0.2, 0) is 33.0 Å². The Hall–Kier alpha value is -3.20. The first kappa shape index (κ1) is 26.9. The van der Waals surface area contributed by atoms with Gasteiger partial charge in [0, 0.05) is 12.8 Å². The van der Waals surface area contributed by atoms with Crippen molar-refractivity contribution < 1.29 is 21.3 Å². The molecule has 0 amide bonds. The Labute approximate surface area is 219 Å². The van der Waals surface area contributed by atoms with Crippen molar-refractivity contribution >= 4 is 19.9 Å². The van der Waals surface area contributed by atoms with Crippen molar-refractivity contribution in [3.63, 3.8) is 0 Å². The average molecular weight is 538 g/mol. The monoisotopic (exact) mass is 537 g/mol. The van der Waals surface area contributed by atoms with Crippen LogP contribution in [-0.4, -0.2) is 27.4 Å². The molecule has 3 aromatic carbocycles. The van der Waals surface area contributed by atoms with E-state index in [1.165, 1.54) is 10.6 Å². The Kier molecular flexibility index (Phi) is 7.46. The fraction of sp³-hybridized carbons (Fsp3) is 0.241. The van der Waals surface area contributed by atoms with Crippen LogP contribution >= 0.6 is 0 Å². The molecule has 4 rings (SSSR count). The minimum absolute atomic E-state index is 0.0983. The maximum atomic E-state index is 13.9. The van der Waals surface area contributed by atoms with E-state index in [0.29, 0.717) is 21.8 Å². The zero-order valence-electron chi connectivity index (χ0n) is 21.6. The predicted octanol–water partition coefficient (Wildman–Crippen LogP) is 5.97. The third kappa shape index (κ3) is 6.04. The van der Waals surface area contributed by atoms with E-state index in [1.807, 2.05) is 76.2 Å². The summed E-state index contributed by atoms with van der Waals surface area (Å²) < 4.78 is 59.0. The van der Waals surface area contributed by atoms with E-state index in [-0.39, 0.29) is 18.0 Å². The van der Waals surface area contributed by atoms with Gasteiger partial charge in [-0.05, 0) is 79.8 Å². The number of sulfonamides is 1. The summed E-state index contributed by atoms with van der Waals surface area (Å²) in [6.45, 7) is 7.67. The smallest absolute Gasteiger partial charge is 0.244 e. The van der Waals surface area contributed by atoms with Crippen molar-refractivity contribution in [2.45, 2.75) is 50.6 Å². The Morgan fingerprint density at radius 1 is 0.730 bits per heavy atom. The Morgan fingerprint density at radius 2 is 1.38 bits per heavy atom. The summed E-state index contributed by atoms with van der Waals surface area (Å²) in [5.74, 6) is 1.29. The van der Waals surface area contributed by atoms with E-state index in [2.05, 4.69) is 0 Å². The summed E-state index contributed by atoms with van der Waals surface area (Å²) in [6.07, 6.45) is 1.18. The molecular formula is C29H31NO5S2. The Bertz CT molecular complexity index is 1630. The van der Waals surface area contributed by atoms with Gasteiger partial charge in [-0.1, -0.05) is 54.1 Å². The third-order valence-electron chi connectivity index (χ3n) is 6.24. The van der Waals surface area contributed by atoms with E-state index < -0.39 is 19.9 Å². The summed E-state index contributed by atoms with van der Waals surface area (Å²) >= 11 is 0. The first-order valence-electron chi connectivity index (χ1n) is 11.9.